The molecule has 0 bridgehead atoms. The molecular formula is C6H12F3O2Si. The molecule has 6 heteroatoms. The van der Waals surface area contributed by atoms with Crippen molar-refractivity contribution >= 4 is 9.28 Å². The maximum Gasteiger partial charge on any atom is 0.390 e. The van der Waals surface area contributed by atoms with E-state index in [4.69, 9.17) is 0 Å². The number of rotatable bonds is 5. The SMILES string of the molecule is CO[Si](CC(F)(F)C(C)F)OC. The third kappa shape index (κ3) is 3.55. The van der Waals surface area contributed by atoms with E-state index >= 15 is 0 Å². The van der Waals surface area contributed by atoms with E-state index in [1.807, 2.05) is 0 Å². The third-order valence-corrected chi connectivity index (χ3v) is 3.09. The summed E-state index contributed by atoms with van der Waals surface area (Å²) in [7, 11) is 0.534. The van der Waals surface area contributed by atoms with Crippen molar-refractivity contribution in [3.8, 4) is 0 Å². The maximum atomic E-state index is 12.7. The van der Waals surface area contributed by atoms with Crippen LogP contribution in [0.1, 0.15) is 6.92 Å². The number of halogens is 3. The average Bonchev–Trinajstić information content (AvgIpc) is 2.00. The van der Waals surface area contributed by atoms with Gasteiger partial charge in [-0.05, 0) is 6.92 Å². The highest BCUT2D eigenvalue weighted by atomic mass is 28.3. The monoisotopic (exact) mass is 201 g/mol. The van der Waals surface area contributed by atoms with Gasteiger partial charge in [0.05, 0.1) is 6.04 Å². The Morgan fingerprint density at radius 1 is 1.33 bits per heavy atom. The molecule has 0 aliphatic rings. The standard InChI is InChI=1S/C6H12F3O2Si/c1-5(7)6(8,9)4-12(10-2)11-3/h5H,4H2,1-3H3. The van der Waals surface area contributed by atoms with E-state index in [1.54, 1.807) is 0 Å². The summed E-state index contributed by atoms with van der Waals surface area (Å²) in [5.74, 6) is -3.35. The molecule has 0 aliphatic heterocycles. The predicted octanol–water partition coefficient (Wildman–Crippen LogP) is 1.76. The zero-order valence-electron chi connectivity index (χ0n) is 7.23. The van der Waals surface area contributed by atoms with E-state index in [0.717, 1.165) is 6.92 Å². The van der Waals surface area contributed by atoms with Gasteiger partial charge in [-0.1, -0.05) is 0 Å². The van der Waals surface area contributed by atoms with E-state index in [1.165, 1.54) is 14.2 Å². The molecule has 0 spiro atoms. The van der Waals surface area contributed by atoms with Crippen LogP contribution in [-0.4, -0.2) is 35.6 Å². The van der Waals surface area contributed by atoms with Crippen LogP contribution in [0.4, 0.5) is 13.2 Å². The minimum absolute atomic E-state index is 0.664. The Morgan fingerprint density at radius 3 is 2.00 bits per heavy atom. The number of hydrogen-bond donors (Lipinski definition) is 0. The lowest BCUT2D eigenvalue weighted by Crippen LogP contribution is -2.35. The van der Waals surface area contributed by atoms with E-state index in [9.17, 15) is 13.2 Å². The van der Waals surface area contributed by atoms with Crippen LogP contribution in [0.15, 0.2) is 0 Å². The third-order valence-electron chi connectivity index (χ3n) is 1.42. The molecule has 0 heterocycles. The van der Waals surface area contributed by atoms with Crippen molar-refractivity contribution in [1.29, 1.82) is 0 Å². The van der Waals surface area contributed by atoms with Crippen LogP contribution in [-0.2, 0) is 8.85 Å². The first-order valence-electron chi connectivity index (χ1n) is 3.39. The van der Waals surface area contributed by atoms with Gasteiger partial charge in [-0.15, -0.1) is 0 Å². The molecule has 0 fully saturated rings. The normalized spacial score (nSPS) is 15.2. The van der Waals surface area contributed by atoms with Crippen LogP contribution in [0.3, 0.4) is 0 Å². The summed E-state index contributed by atoms with van der Waals surface area (Å²) in [5.41, 5.74) is 0. The molecule has 2 nitrogen and oxygen atoms in total. The molecular weight excluding hydrogens is 189 g/mol. The van der Waals surface area contributed by atoms with Crippen molar-refractivity contribution in [2.75, 3.05) is 14.2 Å². The van der Waals surface area contributed by atoms with Crippen molar-refractivity contribution in [3.05, 3.63) is 0 Å². The van der Waals surface area contributed by atoms with Crippen LogP contribution in [0.25, 0.3) is 0 Å². The van der Waals surface area contributed by atoms with Gasteiger partial charge in [0.25, 0.3) is 5.92 Å². The van der Waals surface area contributed by atoms with Gasteiger partial charge in [0.1, 0.15) is 0 Å². The fourth-order valence-corrected chi connectivity index (χ4v) is 1.68. The summed E-state index contributed by atoms with van der Waals surface area (Å²) in [4.78, 5) is 0. The summed E-state index contributed by atoms with van der Waals surface area (Å²) >= 11 is 0. The second-order valence-electron chi connectivity index (χ2n) is 2.33. The molecule has 0 amide bonds. The molecule has 1 radical (unpaired) electrons. The molecule has 0 saturated heterocycles. The van der Waals surface area contributed by atoms with Gasteiger partial charge >= 0.3 is 9.28 Å². The van der Waals surface area contributed by atoms with Crippen LogP contribution in [0.2, 0.25) is 6.04 Å². The molecule has 73 valence electrons. The smallest absolute Gasteiger partial charge is 0.390 e. The highest BCUT2D eigenvalue weighted by molar-refractivity contribution is 6.44. The maximum absolute atomic E-state index is 12.7. The van der Waals surface area contributed by atoms with Crippen LogP contribution in [0.5, 0.6) is 0 Å². The van der Waals surface area contributed by atoms with Crippen molar-refractivity contribution in [2.45, 2.75) is 25.1 Å². The molecule has 0 aromatic heterocycles. The Bertz CT molecular complexity index is 128. The Hall–Kier alpha value is -0.0731. The van der Waals surface area contributed by atoms with Gasteiger partial charge < -0.3 is 8.85 Å². The molecule has 1 unspecified atom stereocenters. The molecule has 12 heavy (non-hydrogen) atoms. The molecule has 0 saturated carbocycles. The van der Waals surface area contributed by atoms with Crippen molar-refractivity contribution < 1.29 is 22.0 Å². The zero-order chi connectivity index (χ0) is 9.78. The van der Waals surface area contributed by atoms with Crippen LogP contribution in [0, 0.1) is 0 Å². The van der Waals surface area contributed by atoms with E-state index in [2.05, 4.69) is 8.85 Å². The fraction of sp³-hybridized carbons (Fsp3) is 1.00. The van der Waals surface area contributed by atoms with E-state index in [-0.39, 0.29) is 0 Å². The lowest BCUT2D eigenvalue weighted by atomic mass is 10.3. The number of alkyl halides is 3. The van der Waals surface area contributed by atoms with Gasteiger partial charge in [0.2, 0.25) is 0 Å². The Morgan fingerprint density at radius 2 is 1.75 bits per heavy atom. The molecule has 0 rings (SSSR count). The largest absolute Gasteiger partial charge is 0.397 e. The lowest BCUT2D eigenvalue weighted by Gasteiger charge is -2.19. The van der Waals surface area contributed by atoms with Gasteiger partial charge in [-0.25, -0.2) is 13.2 Å². The first-order valence-corrected chi connectivity index (χ1v) is 4.92. The van der Waals surface area contributed by atoms with Gasteiger partial charge in [-0.2, -0.15) is 0 Å². The van der Waals surface area contributed by atoms with Gasteiger partial charge in [0.15, 0.2) is 6.17 Å². The van der Waals surface area contributed by atoms with Gasteiger partial charge in [0, 0.05) is 14.2 Å². The van der Waals surface area contributed by atoms with Crippen molar-refractivity contribution in [3.63, 3.8) is 0 Å². The Labute approximate surface area is 71.5 Å². The predicted molar refractivity (Wildman–Crippen MR) is 40.1 cm³/mol. The summed E-state index contributed by atoms with van der Waals surface area (Å²) in [6.07, 6.45) is -2.16. The molecule has 0 aromatic carbocycles. The first kappa shape index (κ1) is 11.9. The lowest BCUT2D eigenvalue weighted by molar-refractivity contribution is -0.0523. The topological polar surface area (TPSA) is 18.5 Å². The summed E-state index contributed by atoms with van der Waals surface area (Å²) in [5, 5.41) is 0. The first-order chi connectivity index (χ1) is 5.44. The molecule has 0 aromatic rings. The molecule has 0 N–H and O–H groups in total. The molecule has 1 atom stereocenters. The minimum atomic E-state index is -3.35. The number of hydrogen-bond acceptors (Lipinski definition) is 2. The van der Waals surface area contributed by atoms with Crippen LogP contribution < -0.4 is 0 Å². The molecule has 0 aliphatic carbocycles. The second-order valence-corrected chi connectivity index (χ2v) is 4.25. The van der Waals surface area contributed by atoms with E-state index < -0.39 is 27.4 Å². The zero-order valence-corrected chi connectivity index (χ0v) is 8.23. The minimum Gasteiger partial charge on any atom is -0.397 e. The quantitative estimate of drug-likeness (QED) is 0.631. The summed E-state index contributed by atoms with van der Waals surface area (Å²) < 4.78 is 46.8. The average molecular weight is 201 g/mol. The van der Waals surface area contributed by atoms with Crippen LogP contribution >= 0.6 is 0 Å². The Kier molecular flexibility index (Phi) is 4.80. The Balaban J connectivity index is 4.02. The van der Waals surface area contributed by atoms with Crippen molar-refractivity contribution in [1.82, 2.24) is 0 Å². The fourth-order valence-electron chi connectivity index (χ4n) is 0.561. The summed E-state index contributed by atoms with van der Waals surface area (Å²) in [6.45, 7) is 0.824. The highest BCUT2D eigenvalue weighted by Crippen LogP contribution is 2.27. The van der Waals surface area contributed by atoms with E-state index in [0.29, 0.717) is 0 Å². The van der Waals surface area contributed by atoms with Gasteiger partial charge in [-0.3, -0.25) is 0 Å². The van der Waals surface area contributed by atoms with Crippen molar-refractivity contribution in [2.24, 2.45) is 0 Å². The second kappa shape index (κ2) is 4.83. The summed E-state index contributed by atoms with van der Waals surface area (Å²) in [6, 6.07) is -0.664. The highest BCUT2D eigenvalue weighted by Gasteiger charge is 2.41.